The molecular weight excluding hydrogens is 224 g/mol. The highest BCUT2D eigenvalue weighted by Gasteiger charge is 2.34. The molecule has 0 aromatic heterocycles. The van der Waals surface area contributed by atoms with Crippen LogP contribution in [0.4, 0.5) is 0 Å². The molecule has 2 atom stereocenters. The van der Waals surface area contributed by atoms with Gasteiger partial charge in [-0.2, -0.15) is 0 Å². The standard InChI is InChI=1S/C11H20N2O4/c1-3-4-13(5-10(14)16-2)11(15)8-6-17-7-9(8)12/h8-9H,3-7,12H2,1-2H3. The number of nitrogens with zero attached hydrogens (tertiary/aromatic N) is 1. The Bertz CT molecular complexity index is 283. The molecule has 0 aromatic carbocycles. The number of ether oxygens (including phenoxy) is 2. The molecule has 0 bridgehead atoms. The summed E-state index contributed by atoms with van der Waals surface area (Å²) >= 11 is 0. The van der Waals surface area contributed by atoms with Gasteiger partial charge >= 0.3 is 5.97 Å². The number of methoxy groups -OCH3 is 1. The van der Waals surface area contributed by atoms with E-state index >= 15 is 0 Å². The van der Waals surface area contributed by atoms with Crippen LogP contribution < -0.4 is 5.73 Å². The minimum absolute atomic E-state index is 0.0214. The third-order valence-electron chi connectivity index (χ3n) is 2.79. The van der Waals surface area contributed by atoms with E-state index < -0.39 is 5.97 Å². The highest BCUT2D eigenvalue weighted by atomic mass is 16.5. The van der Waals surface area contributed by atoms with Gasteiger partial charge in [0.25, 0.3) is 0 Å². The molecule has 0 radical (unpaired) electrons. The van der Waals surface area contributed by atoms with Crippen molar-refractivity contribution >= 4 is 11.9 Å². The first-order valence-corrected chi connectivity index (χ1v) is 5.79. The van der Waals surface area contributed by atoms with Gasteiger partial charge in [-0.25, -0.2) is 0 Å². The van der Waals surface area contributed by atoms with Gasteiger partial charge in [0.15, 0.2) is 0 Å². The maximum absolute atomic E-state index is 12.2. The summed E-state index contributed by atoms with van der Waals surface area (Å²) in [7, 11) is 1.31. The van der Waals surface area contributed by atoms with Crippen molar-refractivity contribution in [1.29, 1.82) is 0 Å². The number of hydrogen-bond donors (Lipinski definition) is 1. The summed E-state index contributed by atoms with van der Waals surface area (Å²) in [6, 6.07) is -0.278. The highest BCUT2D eigenvalue weighted by Crippen LogP contribution is 2.15. The first-order chi connectivity index (χ1) is 8.10. The predicted molar refractivity (Wildman–Crippen MR) is 61.2 cm³/mol. The number of esters is 1. The molecule has 0 spiro atoms. The van der Waals surface area contributed by atoms with E-state index in [0.29, 0.717) is 19.8 Å². The Kier molecular flexibility index (Phi) is 5.37. The van der Waals surface area contributed by atoms with Gasteiger partial charge in [-0.15, -0.1) is 0 Å². The topological polar surface area (TPSA) is 81.9 Å². The van der Waals surface area contributed by atoms with Crippen molar-refractivity contribution in [3.8, 4) is 0 Å². The summed E-state index contributed by atoms with van der Waals surface area (Å²) in [4.78, 5) is 24.9. The SMILES string of the molecule is CCCN(CC(=O)OC)C(=O)C1COCC1N. The lowest BCUT2D eigenvalue weighted by molar-refractivity contribution is -0.148. The van der Waals surface area contributed by atoms with Gasteiger partial charge in [0, 0.05) is 12.6 Å². The van der Waals surface area contributed by atoms with E-state index in [4.69, 9.17) is 10.5 Å². The van der Waals surface area contributed by atoms with Crippen molar-refractivity contribution in [3.63, 3.8) is 0 Å². The number of carbonyl (C=O) groups excluding carboxylic acids is 2. The zero-order valence-electron chi connectivity index (χ0n) is 10.3. The van der Waals surface area contributed by atoms with Gasteiger partial charge in [0.2, 0.25) is 5.91 Å². The predicted octanol–water partition coefficient (Wildman–Crippen LogP) is -0.628. The van der Waals surface area contributed by atoms with Crippen LogP contribution in [0.25, 0.3) is 0 Å². The molecule has 98 valence electrons. The van der Waals surface area contributed by atoms with Crippen LogP contribution in [0.15, 0.2) is 0 Å². The number of rotatable bonds is 5. The van der Waals surface area contributed by atoms with E-state index in [1.54, 1.807) is 0 Å². The second kappa shape index (κ2) is 6.56. The molecule has 17 heavy (non-hydrogen) atoms. The normalized spacial score (nSPS) is 23.5. The maximum atomic E-state index is 12.2. The van der Waals surface area contributed by atoms with Crippen molar-refractivity contribution in [2.24, 2.45) is 11.7 Å². The first kappa shape index (κ1) is 13.9. The minimum Gasteiger partial charge on any atom is -0.468 e. The van der Waals surface area contributed by atoms with E-state index in [1.807, 2.05) is 6.92 Å². The quantitative estimate of drug-likeness (QED) is 0.651. The summed E-state index contributed by atoms with van der Waals surface area (Å²) in [5.74, 6) is -0.882. The van der Waals surface area contributed by atoms with Crippen LogP contribution in [0.3, 0.4) is 0 Å². The molecule has 1 saturated heterocycles. The molecule has 1 amide bonds. The van der Waals surface area contributed by atoms with Crippen molar-refractivity contribution in [1.82, 2.24) is 4.90 Å². The summed E-state index contributed by atoms with van der Waals surface area (Å²) in [5.41, 5.74) is 5.79. The third-order valence-corrected chi connectivity index (χ3v) is 2.79. The molecule has 1 fully saturated rings. The van der Waals surface area contributed by atoms with Crippen LogP contribution in [0.5, 0.6) is 0 Å². The average Bonchev–Trinajstić information content (AvgIpc) is 2.73. The van der Waals surface area contributed by atoms with Crippen LogP contribution in [0.1, 0.15) is 13.3 Å². The van der Waals surface area contributed by atoms with E-state index in [1.165, 1.54) is 12.0 Å². The van der Waals surface area contributed by atoms with Crippen molar-refractivity contribution in [3.05, 3.63) is 0 Å². The van der Waals surface area contributed by atoms with Gasteiger partial charge in [0.1, 0.15) is 6.54 Å². The van der Waals surface area contributed by atoms with Gasteiger partial charge in [-0.05, 0) is 6.42 Å². The lowest BCUT2D eigenvalue weighted by atomic mass is 10.0. The van der Waals surface area contributed by atoms with Crippen molar-refractivity contribution in [2.75, 3.05) is 33.4 Å². The Morgan fingerprint density at radius 2 is 2.18 bits per heavy atom. The summed E-state index contributed by atoms with van der Waals surface area (Å²) in [5, 5.41) is 0. The van der Waals surface area contributed by atoms with Gasteiger partial charge in [-0.3, -0.25) is 9.59 Å². The number of hydrogen-bond acceptors (Lipinski definition) is 5. The smallest absolute Gasteiger partial charge is 0.325 e. The Morgan fingerprint density at radius 1 is 1.47 bits per heavy atom. The minimum atomic E-state index is -0.417. The largest absolute Gasteiger partial charge is 0.468 e. The Hall–Kier alpha value is -1.14. The molecule has 6 heteroatoms. The van der Waals surface area contributed by atoms with Crippen LogP contribution in [0.2, 0.25) is 0 Å². The summed E-state index contributed by atoms with van der Waals surface area (Å²) < 4.78 is 9.73. The molecule has 2 unspecified atom stereocenters. The fraction of sp³-hybridized carbons (Fsp3) is 0.818. The molecule has 1 aliphatic heterocycles. The zero-order chi connectivity index (χ0) is 12.8. The fourth-order valence-electron chi connectivity index (χ4n) is 1.82. The highest BCUT2D eigenvalue weighted by molar-refractivity contribution is 5.84. The molecule has 1 rings (SSSR count). The Labute approximate surface area is 101 Å². The summed E-state index contributed by atoms with van der Waals surface area (Å²) in [6.07, 6.45) is 0.783. The number of nitrogens with two attached hydrogens (primary N) is 1. The van der Waals surface area contributed by atoms with E-state index in [9.17, 15) is 9.59 Å². The Morgan fingerprint density at radius 3 is 2.65 bits per heavy atom. The van der Waals surface area contributed by atoms with E-state index in [0.717, 1.165) is 6.42 Å². The molecule has 0 aromatic rings. The van der Waals surface area contributed by atoms with Crippen molar-refractivity contribution in [2.45, 2.75) is 19.4 Å². The maximum Gasteiger partial charge on any atom is 0.325 e. The van der Waals surface area contributed by atoms with Crippen LogP contribution in [-0.2, 0) is 19.1 Å². The summed E-state index contributed by atoms with van der Waals surface area (Å²) in [6.45, 7) is 3.18. The van der Waals surface area contributed by atoms with Crippen LogP contribution in [0, 0.1) is 5.92 Å². The van der Waals surface area contributed by atoms with Gasteiger partial charge in [-0.1, -0.05) is 6.92 Å². The molecular formula is C11H20N2O4. The second-order valence-electron chi connectivity index (χ2n) is 4.14. The lowest BCUT2D eigenvalue weighted by Crippen LogP contribution is -2.46. The molecule has 1 heterocycles. The number of amides is 1. The molecule has 6 nitrogen and oxygen atoms in total. The zero-order valence-corrected chi connectivity index (χ0v) is 10.3. The van der Waals surface area contributed by atoms with Crippen LogP contribution >= 0.6 is 0 Å². The molecule has 0 aliphatic carbocycles. The van der Waals surface area contributed by atoms with E-state index in [-0.39, 0.29) is 24.4 Å². The fourth-order valence-corrected chi connectivity index (χ4v) is 1.82. The molecule has 1 aliphatic rings. The van der Waals surface area contributed by atoms with E-state index in [2.05, 4.69) is 4.74 Å². The third kappa shape index (κ3) is 3.67. The first-order valence-electron chi connectivity index (χ1n) is 5.79. The van der Waals surface area contributed by atoms with Gasteiger partial charge < -0.3 is 20.1 Å². The number of carbonyl (C=O) groups is 2. The second-order valence-corrected chi connectivity index (χ2v) is 4.14. The monoisotopic (exact) mass is 244 g/mol. The van der Waals surface area contributed by atoms with Crippen molar-refractivity contribution < 1.29 is 19.1 Å². The Balaban J connectivity index is 2.62. The van der Waals surface area contributed by atoms with Gasteiger partial charge in [0.05, 0.1) is 26.2 Å². The van der Waals surface area contributed by atoms with Crippen LogP contribution in [-0.4, -0.2) is 56.2 Å². The lowest BCUT2D eigenvalue weighted by Gasteiger charge is -2.25. The molecule has 2 N–H and O–H groups in total. The molecule has 0 saturated carbocycles. The average molecular weight is 244 g/mol.